The number of aliphatic hydroxyl groups excluding tert-OH is 1. The molecule has 0 spiro atoms. The van der Waals surface area contributed by atoms with Crippen LogP contribution in [0.2, 0.25) is 0 Å². The third-order valence-corrected chi connectivity index (χ3v) is 4.77. The van der Waals surface area contributed by atoms with Crippen molar-refractivity contribution in [2.75, 3.05) is 6.61 Å². The first kappa shape index (κ1) is 12.2. The molecule has 4 heteroatoms. The van der Waals surface area contributed by atoms with E-state index in [4.69, 9.17) is 9.84 Å². The fourth-order valence-corrected chi connectivity index (χ4v) is 4.58. The van der Waals surface area contributed by atoms with Gasteiger partial charge in [0.15, 0.2) is 0 Å². The number of ether oxygens (including phenoxy) is 1. The SMILES string of the molecule is C=C(CO)C(=O)OC12CC3CC(CC(O)(C3)C1)C2. The van der Waals surface area contributed by atoms with Gasteiger partial charge in [0.1, 0.15) is 5.60 Å². The Kier molecular flexibility index (Phi) is 2.58. The molecule has 4 aliphatic rings. The first-order valence-corrected chi connectivity index (χ1v) is 6.68. The number of esters is 1. The number of aliphatic hydroxyl groups is 2. The van der Waals surface area contributed by atoms with E-state index >= 15 is 0 Å². The van der Waals surface area contributed by atoms with Crippen molar-refractivity contribution in [3.05, 3.63) is 12.2 Å². The smallest absolute Gasteiger partial charge is 0.336 e. The molecule has 18 heavy (non-hydrogen) atoms. The van der Waals surface area contributed by atoms with E-state index in [1.54, 1.807) is 0 Å². The molecule has 100 valence electrons. The van der Waals surface area contributed by atoms with Crippen LogP contribution in [-0.2, 0) is 9.53 Å². The summed E-state index contributed by atoms with van der Waals surface area (Å²) in [6, 6.07) is 0. The van der Waals surface area contributed by atoms with E-state index < -0.39 is 17.2 Å². The average Bonchev–Trinajstić information content (AvgIpc) is 2.23. The Hall–Kier alpha value is -0.870. The van der Waals surface area contributed by atoms with Crippen molar-refractivity contribution in [1.82, 2.24) is 0 Å². The minimum Gasteiger partial charge on any atom is -0.456 e. The third-order valence-electron chi connectivity index (χ3n) is 4.77. The van der Waals surface area contributed by atoms with Gasteiger partial charge in [0.05, 0.1) is 17.8 Å². The van der Waals surface area contributed by atoms with Crippen LogP contribution in [0.1, 0.15) is 38.5 Å². The van der Waals surface area contributed by atoms with Crippen LogP contribution in [0.4, 0.5) is 0 Å². The summed E-state index contributed by atoms with van der Waals surface area (Å²) < 4.78 is 5.61. The Morgan fingerprint density at radius 1 is 1.28 bits per heavy atom. The first-order valence-electron chi connectivity index (χ1n) is 6.68. The summed E-state index contributed by atoms with van der Waals surface area (Å²) in [5, 5.41) is 19.4. The maximum atomic E-state index is 11.8. The van der Waals surface area contributed by atoms with Crippen LogP contribution < -0.4 is 0 Å². The van der Waals surface area contributed by atoms with Gasteiger partial charge in [-0.1, -0.05) is 6.58 Å². The van der Waals surface area contributed by atoms with E-state index in [1.807, 2.05) is 0 Å². The van der Waals surface area contributed by atoms with Crippen molar-refractivity contribution in [3.8, 4) is 0 Å². The topological polar surface area (TPSA) is 66.8 Å². The molecule has 4 bridgehead atoms. The van der Waals surface area contributed by atoms with Crippen molar-refractivity contribution in [2.24, 2.45) is 11.8 Å². The molecule has 4 rings (SSSR count). The van der Waals surface area contributed by atoms with Gasteiger partial charge in [0, 0.05) is 6.42 Å². The van der Waals surface area contributed by atoms with E-state index in [0.29, 0.717) is 18.3 Å². The van der Waals surface area contributed by atoms with E-state index in [9.17, 15) is 9.90 Å². The summed E-state index contributed by atoms with van der Waals surface area (Å²) in [7, 11) is 0. The van der Waals surface area contributed by atoms with Crippen molar-refractivity contribution in [1.29, 1.82) is 0 Å². The van der Waals surface area contributed by atoms with Crippen LogP contribution in [0.15, 0.2) is 12.2 Å². The highest BCUT2D eigenvalue weighted by Gasteiger charge is 2.59. The molecule has 0 aromatic rings. The standard InChI is InChI=1S/C14H20O4/c1-9(7-15)12(16)18-14-5-10-2-11(6-14)4-13(17,3-10)8-14/h10-11,15,17H,1-8H2. The molecule has 4 saturated carbocycles. The Bertz CT molecular complexity index is 387. The van der Waals surface area contributed by atoms with Crippen LogP contribution in [0, 0.1) is 11.8 Å². The lowest BCUT2D eigenvalue weighted by molar-refractivity contribution is -0.217. The minimum atomic E-state index is -0.634. The maximum absolute atomic E-state index is 11.8. The van der Waals surface area contributed by atoms with Crippen LogP contribution in [0.3, 0.4) is 0 Å². The van der Waals surface area contributed by atoms with Gasteiger partial charge in [-0.15, -0.1) is 0 Å². The lowest BCUT2D eigenvalue weighted by Crippen LogP contribution is -2.60. The molecular formula is C14H20O4. The van der Waals surface area contributed by atoms with E-state index in [1.165, 1.54) is 0 Å². The third kappa shape index (κ3) is 1.88. The Morgan fingerprint density at radius 3 is 2.39 bits per heavy atom. The van der Waals surface area contributed by atoms with E-state index in [-0.39, 0.29) is 12.2 Å². The molecule has 4 nitrogen and oxygen atoms in total. The molecule has 0 saturated heterocycles. The van der Waals surface area contributed by atoms with Crippen molar-refractivity contribution >= 4 is 5.97 Å². The van der Waals surface area contributed by atoms with Crippen LogP contribution in [-0.4, -0.2) is 34.0 Å². The Balaban J connectivity index is 1.79. The quantitative estimate of drug-likeness (QED) is 0.584. The van der Waals surface area contributed by atoms with Gasteiger partial charge in [0.2, 0.25) is 0 Å². The second-order valence-electron chi connectivity index (χ2n) is 6.52. The number of carbonyl (C=O) groups is 1. The highest BCUT2D eigenvalue weighted by molar-refractivity contribution is 5.88. The molecule has 4 fully saturated rings. The normalized spacial score (nSPS) is 45.0. The fourth-order valence-electron chi connectivity index (χ4n) is 4.58. The molecule has 0 aromatic carbocycles. The van der Waals surface area contributed by atoms with Gasteiger partial charge in [0.25, 0.3) is 0 Å². The fraction of sp³-hybridized carbons (Fsp3) is 0.786. The van der Waals surface area contributed by atoms with Gasteiger partial charge in [-0.2, -0.15) is 0 Å². The molecule has 0 heterocycles. The van der Waals surface area contributed by atoms with Crippen molar-refractivity contribution < 1.29 is 19.7 Å². The Labute approximate surface area is 107 Å². The van der Waals surface area contributed by atoms with Gasteiger partial charge >= 0.3 is 5.97 Å². The van der Waals surface area contributed by atoms with Crippen molar-refractivity contribution in [2.45, 2.75) is 49.7 Å². The zero-order valence-corrected chi connectivity index (χ0v) is 10.5. The molecule has 0 amide bonds. The highest BCUT2D eigenvalue weighted by Crippen LogP contribution is 2.58. The first-order chi connectivity index (χ1) is 8.44. The summed E-state index contributed by atoms with van der Waals surface area (Å²) in [5.74, 6) is 0.445. The second-order valence-corrected chi connectivity index (χ2v) is 6.52. The van der Waals surface area contributed by atoms with Crippen LogP contribution in [0.25, 0.3) is 0 Å². The number of hydrogen-bond donors (Lipinski definition) is 2. The van der Waals surface area contributed by atoms with Gasteiger partial charge in [-0.05, 0) is 43.9 Å². The molecular weight excluding hydrogens is 232 g/mol. The lowest BCUT2D eigenvalue weighted by atomic mass is 9.52. The van der Waals surface area contributed by atoms with Crippen LogP contribution >= 0.6 is 0 Å². The van der Waals surface area contributed by atoms with Crippen molar-refractivity contribution in [3.63, 3.8) is 0 Å². The summed E-state index contributed by atoms with van der Waals surface area (Å²) in [4.78, 5) is 11.8. The van der Waals surface area contributed by atoms with E-state index in [2.05, 4.69) is 6.58 Å². The van der Waals surface area contributed by atoms with Gasteiger partial charge in [-0.3, -0.25) is 0 Å². The monoisotopic (exact) mass is 252 g/mol. The Morgan fingerprint density at radius 2 is 1.89 bits per heavy atom. The molecule has 0 aliphatic heterocycles. The largest absolute Gasteiger partial charge is 0.456 e. The molecule has 4 aliphatic carbocycles. The summed E-state index contributed by atoms with van der Waals surface area (Å²) in [6.07, 6.45) is 5.13. The zero-order chi connectivity index (χ0) is 13.0. The molecule has 0 radical (unpaired) electrons. The molecule has 2 unspecified atom stereocenters. The summed E-state index contributed by atoms with van der Waals surface area (Å²) in [6.45, 7) is 3.13. The predicted molar refractivity (Wildman–Crippen MR) is 64.7 cm³/mol. The summed E-state index contributed by atoms with van der Waals surface area (Å²) >= 11 is 0. The highest BCUT2D eigenvalue weighted by atomic mass is 16.6. The predicted octanol–water partition coefficient (Wildman–Crippen LogP) is 1.16. The number of hydrogen-bond acceptors (Lipinski definition) is 4. The lowest BCUT2D eigenvalue weighted by Gasteiger charge is -2.59. The molecule has 2 N–H and O–H groups in total. The molecule has 2 atom stereocenters. The van der Waals surface area contributed by atoms with E-state index in [0.717, 1.165) is 32.1 Å². The minimum absolute atomic E-state index is 0.0951. The molecule has 0 aromatic heterocycles. The summed E-state index contributed by atoms with van der Waals surface area (Å²) in [5.41, 5.74) is -1.04. The van der Waals surface area contributed by atoms with Crippen LogP contribution in [0.5, 0.6) is 0 Å². The maximum Gasteiger partial charge on any atom is 0.336 e. The zero-order valence-electron chi connectivity index (χ0n) is 10.5. The second kappa shape index (κ2) is 3.81. The van der Waals surface area contributed by atoms with Gasteiger partial charge in [-0.25, -0.2) is 4.79 Å². The number of carbonyl (C=O) groups excluding carboxylic acids is 1. The van der Waals surface area contributed by atoms with Gasteiger partial charge < -0.3 is 14.9 Å². The number of rotatable bonds is 3. The average molecular weight is 252 g/mol.